The van der Waals surface area contributed by atoms with Crippen LogP contribution in [0.5, 0.6) is 0 Å². The van der Waals surface area contributed by atoms with Gasteiger partial charge in [0.15, 0.2) is 5.04 Å². The molecule has 6 nitrogen and oxygen atoms in total. The molecule has 0 saturated carbocycles. The molecular weight excluding hydrogens is 326 g/mol. The van der Waals surface area contributed by atoms with Crippen LogP contribution in [-0.4, -0.2) is 23.8 Å². The number of oxime groups is 1. The highest BCUT2D eigenvalue weighted by atomic mass is 32.3. The van der Waals surface area contributed by atoms with Gasteiger partial charge in [-0.3, -0.25) is 9.35 Å². The first-order valence-electron chi connectivity index (χ1n) is 6.02. The Morgan fingerprint density at radius 1 is 1.00 bits per heavy atom. The molecule has 2 aromatic rings. The van der Waals surface area contributed by atoms with Gasteiger partial charge in [0.05, 0.1) is 0 Å². The van der Waals surface area contributed by atoms with Crippen LogP contribution in [0.1, 0.15) is 10.4 Å². The molecule has 0 unspecified atom stereocenters. The Hall–Kier alpha value is -2.16. The Kier molecular flexibility index (Phi) is 5.31. The molecule has 0 aliphatic heterocycles. The van der Waals surface area contributed by atoms with E-state index < -0.39 is 16.2 Å². The molecule has 0 amide bonds. The van der Waals surface area contributed by atoms with E-state index in [0.717, 1.165) is 11.8 Å². The van der Waals surface area contributed by atoms with Crippen LogP contribution < -0.4 is 0 Å². The summed E-state index contributed by atoms with van der Waals surface area (Å²) in [6, 6.07) is 17.0. The number of rotatable bonds is 5. The van der Waals surface area contributed by atoms with E-state index in [1.165, 1.54) is 0 Å². The molecule has 0 saturated heterocycles. The second kappa shape index (κ2) is 7.21. The van der Waals surface area contributed by atoms with Gasteiger partial charge in [-0.05, 0) is 12.1 Å². The van der Waals surface area contributed by atoms with E-state index >= 15 is 0 Å². The third-order valence-corrected chi connectivity index (χ3v) is 3.63. The lowest BCUT2D eigenvalue weighted by atomic mass is 10.1. The number of carbonyl (C=O) groups is 1. The van der Waals surface area contributed by atoms with Gasteiger partial charge in [-0.2, -0.15) is 8.42 Å². The van der Waals surface area contributed by atoms with Gasteiger partial charge in [0.1, 0.15) is 0 Å². The summed E-state index contributed by atoms with van der Waals surface area (Å²) in [5.74, 6) is -0.516. The van der Waals surface area contributed by atoms with Crippen molar-refractivity contribution < 1.29 is 22.0 Å². The fourth-order valence-corrected chi connectivity index (χ4v) is 2.52. The van der Waals surface area contributed by atoms with Crippen LogP contribution in [0.4, 0.5) is 0 Å². The number of nitrogens with zero attached hydrogens (tertiary/aromatic N) is 1. The van der Waals surface area contributed by atoms with Gasteiger partial charge in [0.2, 0.25) is 5.78 Å². The van der Waals surface area contributed by atoms with E-state index in [2.05, 4.69) is 9.44 Å². The molecule has 0 aromatic heterocycles. The molecule has 0 heterocycles. The third kappa shape index (κ3) is 4.99. The Morgan fingerprint density at radius 3 is 2.09 bits per heavy atom. The molecule has 2 aromatic carbocycles. The molecule has 0 atom stereocenters. The van der Waals surface area contributed by atoms with E-state index in [4.69, 9.17) is 4.55 Å². The van der Waals surface area contributed by atoms with Crippen LogP contribution in [0, 0.1) is 0 Å². The van der Waals surface area contributed by atoms with Gasteiger partial charge in [-0.25, -0.2) is 4.28 Å². The van der Waals surface area contributed by atoms with Gasteiger partial charge < -0.3 is 0 Å². The minimum atomic E-state index is -4.78. The zero-order valence-electron chi connectivity index (χ0n) is 11.1. The van der Waals surface area contributed by atoms with Gasteiger partial charge in [0.25, 0.3) is 0 Å². The van der Waals surface area contributed by atoms with Crippen LogP contribution >= 0.6 is 11.8 Å². The number of carbonyl (C=O) groups excluding carboxylic acids is 1. The molecule has 8 heteroatoms. The van der Waals surface area contributed by atoms with Crippen molar-refractivity contribution in [2.24, 2.45) is 5.16 Å². The summed E-state index contributed by atoms with van der Waals surface area (Å²) >= 11 is 0.932. The lowest BCUT2D eigenvalue weighted by molar-refractivity contribution is 0.106. The maximum atomic E-state index is 12.4. The smallest absolute Gasteiger partial charge is 0.286 e. The normalized spacial score (nSPS) is 12.0. The van der Waals surface area contributed by atoms with Gasteiger partial charge in [-0.15, -0.1) is 0 Å². The molecule has 0 aliphatic carbocycles. The van der Waals surface area contributed by atoms with Crippen molar-refractivity contribution in [1.82, 2.24) is 0 Å². The SMILES string of the molecule is O=C(/C(=N/OS(=O)(=O)O)Sc1ccccc1)c1ccccc1. The average Bonchev–Trinajstić information content (AvgIpc) is 2.52. The van der Waals surface area contributed by atoms with Crippen LogP contribution in [-0.2, 0) is 14.7 Å². The summed E-state index contributed by atoms with van der Waals surface area (Å²) in [5, 5.41) is 3.05. The van der Waals surface area contributed by atoms with E-state index in [0.29, 0.717) is 10.5 Å². The summed E-state index contributed by atoms with van der Waals surface area (Å²) in [6.45, 7) is 0. The van der Waals surface area contributed by atoms with Gasteiger partial charge in [0, 0.05) is 10.5 Å². The zero-order chi connectivity index (χ0) is 16.0. The first-order valence-corrected chi connectivity index (χ1v) is 8.20. The molecule has 0 aliphatic rings. The monoisotopic (exact) mass is 337 g/mol. The lowest BCUT2D eigenvalue weighted by Crippen LogP contribution is -2.12. The quantitative estimate of drug-likeness (QED) is 0.225. The molecule has 114 valence electrons. The Labute approximate surface area is 131 Å². The van der Waals surface area contributed by atoms with Crippen LogP contribution in [0.25, 0.3) is 0 Å². The van der Waals surface area contributed by atoms with E-state index in [9.17, 15) is 13.2 Å². The maximum absolute atomic E-state index is 12.4. The topological polar surface area (TPSA) is 93.0 Å². The van der Waals surface area contributed by atoms with Crippen molar-refractivity contribution in [3.8, 4) is 0 Å². The van der Waals surface area contributed by atoms with E-state index in [1.54, 1.807) is 60.7 Å². The molecule has 2 rings (SSSR count). The molecule has 0 bridgehead atoms. The Balaban J connectivity index is 2.31. The molecular formula is C14H11NO5S2. The second-order valence-electron chi connectivity index (χ2n) is 4.01. The summed E-state index contributed by atoms with van der Waals surface area (Å²) in [5.41, 5.74) is 0.323. The van der Waals surface area contributed by atoms with Crippen LogP contribution in [0.15, 0.2) is 70.7 Å². The number of Topliss-reactive ketones (excluding diaryl/α,β-unsaturated/α-hetero) is 1. The highest BCUT2D eigenvalue weighted by molar-refractivity contribution is 8.15. The summed E-state index contributed by atoms with van der Waals surface area (Å²) in [4.78, 5) is 13.0. The van der Waals surface area contributed by atoms with Crippen molar-refractivity contribution in [3.63, 3.8) is 0 Å². The second-order valence-corrected chi connectivity index (χ2v) is 6.08. The summed E-state index contributed by atoms with van der Waals surface area (Å²) in [7, 11) is -4.78. The predicted octanol–water partition coefficient (Wildman–Crippen LogP) is 2.79. The minimum Gasteiger partial charge on any atom is -0.286 e. The van der Waals surface area contributed by atoms with Gasteiger partial charge in [-0.1, -0.05) is 65.4 Å². The Morgan fingerprint density at radius 2 is 1.55 bits per heavy atom. The fourth-order valence-electron chi connectivity index (χ4n) is 1.50. The van der Waals surface area contributed by atoms with Crippen molar-refractivity contribution in [1.29, 1.82) is 0 Å². The third-order valence-electron chi connectivity index (χ3n) is 2.40. The first kappa shape index (κ1) is 16.2. The highest BCUT2D eigenvalue weighted by Gasteiger charge is 2.18. The molecule has 0 spiro atoms. The van der Waals surface area contributed by atoms with E-state index in [1.807, 2.05) is 0 Å². The van der Waals surface area contributed by atoms with Gasteiger partial charge >= 0.3 is 10.4 Å². The number of thioether (sulfide) groups is 1. The van der Waals surface area contributed by atoms with Crippen molar-refractivity contribution in [2.45, 2.75) is 4.90 Å². The van der Waals surface area contributed by atoms with Crippen molar-refractivity contribution >= 4 is 33.0 Å². The standard InChI is InChI=1S/C14H11NO5S2/c16-13(11-7-3-1-4-8-11)14(15-20-22(17,18)19)21-12-9-5-2-6-10-12/h1-10H,(H,17,18,19)/b15-14-. The first-order chi connectivity index (χ1) is 10.5. The number of benzene rings is 2. The van der Waals surface area contributed by atoms with E-state index in [-0.39, 0.29) is 5.04 Å². The van der Waals surface area contributed by atoms with Crippen molar-refractivity contribution in [3.05, 3.63) is 66.2 Å². The number of hydrogen-bond acceptors (Lipinski definition) is 6. The molecule has 1 N–H and O–H groups in total. The largest absolute Gasteiger partial charge is 0.466 e. The molecule has 0 fully saturated rings. The van der Waals surface area contributed by atoms with Crippen LogP contribution in [0.3, 0.4) is 0 Å². The predicted molar refractivity (Wildman–Crippen MR) is 83.1 cm³/mol. The molecule has 0 radical (unpaired) electrons. The number of ketones is 1. The maximum Gasteiger partial charge on any atom is 0.466 e. The highest BCUT2D eigenvalue weighted by Crippen LogP contribution is 2.22. The Bertz CT molecular complexity index is 773. The number of hydrogen-bond donors (Lipinski definition) is 1. The zero-order valence-corrected chi connectivity index (χ0v) is 12.8. The van der Waals surface area contributed by atoms with Crippen molar-refractivity contribution in [2.75, 3.05) is 0 Å². The lowest BCUT2D eigenvalue weighted by Gasteiger charge is -2.04. The summed E-state index contributed by atoms with van der Waals surface area (Å²) in [6.07, 6.45) is 0. The fraction of sp³-hybridized carbons (Fsp3) is 0. The summed E-state index contributed by atoms with van der Waals surface area (Å²) < 4.78 is 33.9. The van der Waals surface area contributed by atoms with Crippen LogP contribution in [0.2, 0.25) is 0 Å². The minimum absolute atomic E-state index is 0.213. The molecule has 22 heavy (non-hydrogen) atoms. The average molecular weight is 337 g/mol.